The zero-order valence-corrected chi connectivity index (χ0v) is 10.9. The molecule has 0 rings (SSSR count). The standard InChI is InChI=1S/C11H22O2S/c1-7(2)9(14)11(5,6)13-10(12)8(3)4/h7-9,14H,1-6H3. The van der Waals surface area contributed by atoms with Gasteiger partial charge >= 0.3 is 5.97 Å². The van der Waals surface area contributed by atoms with Crippen LogP contribution in [-0.4, -0.2) is 16.8 Å². The van der Waals surface area contributed by atoms with Crippen molar-refractivity contribution in [1.82, 2.24) is 0 Å². The molecular weight excluding hydrogens is 196 g/mol. The summed E-state index contributed by atoms with van der Waals surface area (Å²) in [6.45, 7) is 11.6. The van der Waals surface area contributed by atoms with Crippen molar-refractivity contribution >= 4 is 18.6 Å². The highest BCUT2D eigenvalue weighted by atomic mass is 32.1. The average molecular weight is 218 g/mol. The molecule has 1 atom stereocenters. The Kier molecular flexibility index (Phi) is 4.99. The number of esters is 1. The van der Waals surface area contributed by atoms with Crippen LogP contribution < -0.4 is 0 Å². The lowest BCUT2D eigenvalue weighted by molar-refractivity contribution is -0.160. The van der Waals surface area contributed by atoms with Crippen molar-refractivity contribution in [2.24, 2.45) is 11.8 Å². The molecule has 0 aromatic rings. The lowest BCUT2D eigenvalue weighted by Gasteiger charge is -2.33. The summed E-state index contributed by atoms with van der Waals surface area (Å²) in [7, 11) is 0. The lowest BCUT2D eigenvalue weighted by atomic mass is 9.95. The van der Waals surface area contributed by atoms with Crippen molar-refractivity contribution in [1.29, 1.82) is 0 Å². The Hall–Kier alpha value is -0.180. The van der Waals surface area contributed by atoms with E-state index in [0.29, 0.717) is 5.92 Å². The van der Waals surface area contributed by atoms with Crippen LogP contribution in [0.15, 0.2) is 0 Å². The van der Waals surface area contributed by atoms with Gasteiger partial charge in [0.1, 0.15) is 5.60 Å². The first-order chi connectivity index (χ1) is 6.18. The van der Waals surface area contributed by atoms with E-state index >= 15 is 0 Å². The number of ether oxygens (including phenoxy) is 1. The Morgan fingerprint density at radius 2 is 1.64 bits per heavy atom. The minimum Gasteiger partial charge on any atom is -0.458 e. The van der Waals surface area contributed by atoms with Gasteiger partial charge in [0.2, 0.25) is 0 Å². The maximum atomic E-state index is 11.4. The molecular formula is C11H22O2S. The molecule has 84 valence electrons. The molecule has 0 aliphatic heterocycles. The predicted molar refractivity (Wildman–Crippen MR) is 62.6 cm³/mol. The summed E-state index contributed by atoms with van der Waals surface area (Å²) in [5, 5.41) is 0.0604. The number of rotatable bonds is 4. The van der Waals surface area contributed by atoms with E-state index in [4.69, 9.17) is 4.74 Å². The number of thiol groups is 1. The number of carbonyl (C=O) groups excluding carboxylic acids is 1. The molecule has 0 aliphatic rings. The molecule has 0 aromatic heterocycles. The summed E-state index contributed by atoms with van der Waals surface area (Å²) in [6.07, 6.45) is 0. The minimum atomic E-state index is -0.501. The van der Waals surface area contributed by atoms with Gasteiger partial charge in [-0.3, -0.25) is 4.79 Å². The van der Waals surface area contributed by atoms with Crippen molar-refractivity contribution in [3.63, 3.8) is 0 Å². The molecule has 3 heteroatoms. The molecule has 0 bridgehead atoms. The molecule has 0 aromatic carbocycles. The summed E-state index contributed by atoms with van der Waals surface area (Å²) in [5.74, 6) is 0.143. The molecule has 0 spiro atoms. The van der Waals surface area contributed by atoms with Crippen LogP contribution in [0.1, 0.15) is 41.5 Å². The molecule has 2 nitrogen and oxygen atoms in total. The molecule has 0 amide bonds. The van der Waals surface area contributed by atoms with Gasteiger partial charge in [0.25, 0.3) is 0 Å². The Bertz CT molecular complexity index is 197. The second-order valence-electron chi connectivity index (χ2n) is 4.87. The lowest BCUT2D eigenvalue weighted by Crippen LogP contribution is -2.41. The average Bonchev–Trinajstić information content (AvgIpc) is 2.01. The van der Waals surface area contributed by atoms with Crippen molar-refractivity contribution in [2.45, 2.75) is 52.4 Å². The fraction of sp³-hybridized carbons (Fsp3) is 0.909. The number of hydrogen-bond acceptors (Lipinski definition) is 3. The normalized spacial score (nSPS) is 14.6. The van der Waals surface area contributed by atoms with E-state index < -0.39 is 5.60 Å². The molecule has 14 heavy (non-hydrogen) atoms. The van der Waals surface area contributed by atoms with Crippen LogP contribution in [0.4, 0.5) is 0 Å². The van der Waals surface area contributed by atoms with Crippen molar-refractivity contribution in [3.8, 4) is 0 Å². The fourth-order valence-corrected chi connectivity index (χ4v) is 1.29. The summed E-state index contributed by atoms with van der Waals surface area (Å²) in [5.41, 5.74) is -0.501. The molecule has 0 aliphatic carbocycles. The van der Waals surface area contributed by atoms with Gasteiger partial charge in [-0.2, -0.15) is 12.6 Å². The predicted octanol–water partition coefficient (Wildman–Crippen LogP) is 2.92. The zero-order chi connectivity index (χ0) is 11.5. The van der Waals surface area contributed by atoms with Gasteiger partial charge in [0.05, 0.1) is 5.92 Å². The second kappa shape index (κ2) is 5.06. The van der Waals surface area contributed by atoms with Crippen molar-refractivity contribution < 1.29 is 9.53 Å². The third kappa shape index (κ3) is 3.91. The topological polar surface area (TPSA) is 26.3 Å². The molecule has 0 N–H and O–H groups in total. The van der Waals surface area contributed by atoms with Crippen LogP contribution in [0.5, 0.6) is 0 Å². The second-order valence-corrected chi connectivity index (χ2v) is 5.42. The molecule has 0 radical (unpaired) electrons. The highest BCUT2D eigenvalue weighted by Gasteiger charge is 2.33. The summed E-state index contributed by atoms with van der Waals surface area (Å²) in [6, 6.07) is 0. The van der Waals surface area contributed by atoms with Crippen molar-refractivity contribution in [3.05, 3.63) is 0 Å². The van der Waals surface area contributed by atoms with Gasteiger partial charge in [-0.25, -0.2) is 0 Å². The van der Waals surface area contributed by atoms with E-state index in [-0.39, 0.29) is 17.1 Å². The number of hydrogen-bond donors (Lipinski definition) is 1. The van der Waals surface area contributed by atoms with Gasteiger partial charge in [0.15, 0.2) is 0 Å². The third-order valence-electron chi connectivity index (χ3n) is 2.18. The van der Waals surface area contributed by atoms with Crippen LogP contribution in [0, 0.1) is 11.8 Å². The Morgan fingerprint density at radius 1 is 1.21 bits per heavy atom. The van der Waals surface area contributed by atoms with E-state index in [1.165, 1.54) is 0 Å². The maximum absolute atomic E-state index is 11.4. The van der Waals surface area contributed by atoms with Gasteiger partial charge in [-0.05, 0) is 19.8 Å². The Labute approximate surface area is 92.8 Å². The number of carbonyl (C=O) groups is 1. The van der Waals surface area contributed by atoms with Crippen molar-refractivity contribution in [2.75, 3.05) is 0 Å². The first-order valence-corrected chi connectivity index (χ1v) is 5.61. The van der Waals surface area contributed by atoms with E-state index in [0.717, 1.165) is 0 Å². The minimum absolute atomic E-state index is 0.0604. The Morgan fingerprint density at radius 3 is 1.93 bits per heavy atom. The van der Waals surface area contributed by atoms with E-state index in [2.05, 4.69) is 26.5 Å². The quantitative estimate of drug-likeness (QED) is 0.580. The first-order valence-electron chi connectivity index (χ1n) is 5.09. The highest BCUT2D eigenvalue weighted by Crippen LogP contribution is 2.27. The molecule has 1 unspecified atom stereocenters. The molecule has 0 saturated heterocycles. The Balaban J connectivity index is 4.40. The van der Waals surface area contributed by atoms with Crippen LogP contribution in [0.3, 0.4) is 0 Å². The first kappa shape index (κ1) is 13.8. The van der Waals surface area contributed by atoms with Crippen LogP contribution in [0.25, 0.3) is 0 Å². The van der Waals surface area contributed by atoms with Gasteiger partial charge in [-0.1, -0.05) is 27.7 Å². The van der Waals surface area contributed by atoms with Gasteiger partial charge in [-0.15, -0.1) is 0 Å². The van der Waals surface area contributed by atoms with Crippen LogP contribution in [-0.2, 0) is 9.53 Å². The summed E-state index contributed by atoms with van der Waals surface area (Å²) >= 11 is 4.47. The van der Waals surface area contributed by atoms with E-state index in [9.17, 15) is 4.79 Å². The highest BCUT2D eigenvalue weighted by molar-refractivity contribution is 7.81. The maximum Gasteiger partial charge on any atom is 0.308 e. The zero-order valence-electron chi connectivity index (χ0n) is 10.00. The fourth-order valence-electron chi connectivity index (χ4n) is 1.24. The van der Waals surface area contributed by atoms with Crippen LogP contribution >= 0.6 is 12.6 Å². The van der Waals surface area contributed by atoms with Gasteiger partial charge < -0.3 is 4.74 Å². The third-order valence-corrected chi connectivity index (χ3v) is 3.40. The summed E-state index contributed by atoms with van der Waals surface area (Å²) < 4.78 is 5.41. The smallest absolute Gasteiger partial charge is 0.308 e. The van der Waals surface area contributed by atoms with E-state index in [1.807, 2.05) is 27.7 Å². The molecule has 0 heterocycles. The summed E-state index contributed by atoms with van der Waals surface area (Å²) in [4.78, 5) is 11.4. The molecule has 0 fully saturated rings. The monoisotopic (exact) mass is 218 g/mol. The SMILES string of the molecule is CC(C)C(=O)OC(C)(C)C(S)C(C)C. The largest absolute Gasteiger partial charge is 0.458 e. The molecule has 0 saturated carbocycles. The van der Waals surface area contributed by atoms with Gasteiger partial charge in [0, 0.05) is 5.25 Å². The van der Waals surface area contributed by atoms with Crippen LogP contribution in [0.2, 0.25) is 0 Å². The van der Waals surface area contributed by atoms with E-state index in [1.54, 1.807) is 0 Å².